The highest BCUT2D eigenvalue weighted by molar-refractivity contribution is 5.94. The minimum atomic E-state index is -0.849. The number of fused-ring (bicyclic) bond motifs is 1. The Morgan fingerprint density at radius 1 is 1.12 bits per heavy atom. The van der Waals surface area contributed by atoms with Crippen molar-refractivity contribution in [2.24, 2.45) is 0 Å². The van der Waals surface area contributed by atoms with E-state index >= 15 is 0 Å². The minimum Gasteiger partial charge on any atom is -0.496 e. The Morgan fingerprint density at radius 2 is 1.85 bits per heavy atom. The summed E-state index contributed by atoms with van der Waals surface area (Å²) in [6.07, 6.45) is -0.0353. The van der Waals surface area contributed by atoms with Crippen LogP contribution in [0.25, 0.3) is 0 Å². The smallest absolute Gasteiger partial charge is 0.342 e. The molecule has 1 atom stereocenters. The zero-order valence-electron chi connectivity index (χ0n) is 15.3. The SMILES string of the molecule is COc1ccc(C)cc1C(=O)O[C@H](C)C(=O)N1CCc2ccccc2C1. The van der Waals surface area contributed by atoms with E-state index < -0.39 is 12.1 Å². The fourth-order valence-electron chi connectivity index (χ4n) is 3.20. The van der Waals surface area contributed by atoms with Crippen LogP contribution in [-0.4, -0.2) is 36.5 Å². The Labute approximate surface area is 153 Å². The van der Waals surface area contributed by atoms with Crippen molar-refractivity contribution in [2.75, 3.05) is 13.7 Å². The molecule has 0 saturated heterocycles. The third-order valence-corrected chi connectivity index (χ3v) is 4.65. The molecule has 5 heteroatoms. The first kappa shape index (κ1) is 18.0. The number of amides is 1. The molecule has 26 heavy (non-hydrogen) atoms. The second kappa shape index (κ2) is 7.60. The van der Waals surface area contributed by atoms with E-state index in [4.69, 9.17) is 9.47 Å². The highest BCUT2D eigenvalue weighted by Gasteiger charge is 2.28. The molecule has 0 unspecified atom stereocenters. The molecule has 0 aromatic heterocycles. The Hall–Kier alpha value is -2.82. The third-order valence-electron chi connectivity index (χ3n) is 4.65. The van der Waals surface area contributed by atoms with Crippen molar-refractivity contribution in [2.45, 2.75) is 32.9 Å². The lowest BCUT2D eigenvalue weighted by Gasteiger charge is -2.30. The van der Waals surface area contributed by atoms with Crippen LogP contribution in [0.15, 0.2) is 42.5 Å². The van der Waals surface area contributed by atoms with Gasteiger partial charge in [-0.15, -0.1) is 0 Å². The van der Waals surface area contributed by atoms with Gasteiger partial charge >= 0.3 is 5.97 Å². The summed E-state index contributed by atoms with van der Waals surface area (Å²) in [5.74, 6) is -0.296. The normalized spacial score (nSPS) is 14.3. The van der Waals surface area contributed by atoms with E-state index in [9.17, 15) is 9.59 Å². The number of hydrogen-bond acceptors (Lipinski definition) is 4. The number of rotatable bonds is 4. The second-order valence-electron chi connectivity index (χ2n) is 6.53. The van der Waals surface area contributed by atoms with E-state index in [1.807, 2.05) is 31.2 Å². The summed E-state index contributed by atoms with van der Waals surface area (Å²) in [4.78, 5) is 27.0. The highest BCUT2D eigenvalue weighted by Crippen LogP contribution is 2.23. The van der Waals surface area contributed by atoms with Gasteiger partial charge in [-0.05, 0) is 43.5 Å². The monoisotopic (exact) mass is 353 g/mol. The molecule has 0 aliphatic carbocycles. The molecule has 2 aromatic rings. The zero-order chi connectivity index (χ0) is 18.7. The largest absolute Gasteiger partial charge is 0.496 e. The van der Waals surface area contributed by atoms with Crippen LogP contribution >= 0.6 is 0 Å². The van der Waals surface area contributed by atoms with Crippen LogP contribution in [0.1, 0.15) is 34.0 Å². The first-order valence-corrected chi connectivity index (χ1v) is 8.71. The number of esters is 1. The van der Waals surface area contributed by atoms with E-state index in [-0.39, 0.29) is 5.91 Å². The van der Waals surface area contributed by atoms with E-state index in [1.54, 1.807) is 24.0 Å². The molecule has 0 fully saturated rings. The van der Waals surface area contributed by atoms with Crippen molar-refractivity contribution < 1.29 is 19.1 Å². The van der Waals surface area contributed by atoms with Crippen LogP contribution in [0.5, 0.6) is 5.75 Å². The van der Waals surface area contributed by atoms with E-state index in [1.165, 1.54) is 12.7 Å². The number of carbonyl (C=O) groups excluding carboxylic acids is 2. The average Bonchev–Trinajstić information content (AvgIpc) is 2.66. The topological polar surface area (TPSA) is 55.8 Å². The molecular weight excluding hydrogens is 330 g/mol. The molecule has 5 nitrogen and oxygen atoms in total. The lowest BCUT2D eigenvalue weighted by molar-refractivity contribution is -0.140. The van der Waals surface area contributed by atoms with Crippen LogP contribution in [0.2, 0.25) is 0 Å². The van der Waals surface area contributed by atoms with Crippen molar-refractivity contribution in [1.82, 2.24) is 4.90 Å². The van der Waals surface area contributed by atoms with Crippen molar-refractivity contribution in [1.29, 1.82) is 0 Å². The number of aryl methyl sites for hydroxylation is 1. The average molecular weight is 353 g/mol. The van der Waals surface area contributed by atoms with Gasteiger partial charge in [-0.2, -0.15) is 0 Å². The Morgan fingerprint density at radius 3 is 2.58 bits per heavy atom. The predicted molar refractivity (Wildman–Crippen MR) is 98.2 cm³/mol. The zero-order valence-corrected chi connectivity index (χ0v) is 15.3. The van der Waals surface area contributed by atoms with Gasteiger partial charge in [0.25, 0.3) is 5.91 Å². The van der Waals surface area contributed by atoms with E-state index in [0.29, 0.717) is 24.4 Å². The molecule has 3 rings (SSSR count). The lowest BCUT2D eigenvalue weighted by atomic mass is 9.99. The van der Waals surface area contributed by atoms with E-state index in [0.717, 1.165) is 17.5 Å². The molecule has 0 spiro atoms. The molecule has 1 heterocycles. The Bertz CT molecular complexity index is 831. The van der Waals surface area contributed by atoms with Gasteiger partial charge < -0.3 is 14.4 Å². The van der Waals surface area contributed by atoms with Gasteiger partial charge in [0.05, 0.1) is 7.11 Å². The fraction of sp³-hybridized carbons (Fsp3) is 0.333. The van der Waals surface area contributed by atoms with Crippen LogP contribution in [0.4, 0.5) is 0 Å². The van der Waals surface area contributed by atoms with Crippen molar-refractivity contribution in [3.8, 4) is 5.75 Å². The summed E-state index contributed by atoms with van der Waals surface area (Å²) in [6.45, 7) is 4.68. The van der Waals surface area contributed by atoms with Gasteiger partial charge in [0.1, 0.15) is 11.3 Å². The number of carbonyl (C=O) groups is 2. The molecular formula is C21H23NO4. The number of hydrogen-bond donors (Lipinski definition) is 0. The quantitative estimate of drug-likeness (QED) is 0.793. The number of ether oxygens (including phenoxy) is 2. The number of methoxy groups -OCH3 is 1. The van der Waals surface area contributed by atoms with Gasteiger partial charge in [0.15, 0.2) is 6.10 Å². The molecule has 2 aromatic carbocycles. The molecule has 136 valence electrons. The molecule has 0 N–H and O–H groups in total. The van der Waals surface area contributed by atoms with Gasteiger partial charge in [0.2, 0.25) is 0 Å². The van der Waals surface area contributed by atoms with Crippen molar-refractivity contribution in [3.05, 3.63) is 64.7 Å². The van der Waals surface area contributed by atoms with Crippen LogP contribution in [0, 0.1) is 6.92 Å². The van der Waals surface area contributed by atoms with Gasteiger partial charge in [-0.3, -0.25) is 4.79 Å². The maximum absolute atomic E-state index is 12.7. The summed E-state index contributed by atoms with van der Waals surface area (Å²) >= 11 is 0. The molecule has 1 aliphatic rings. The second-order valence-corrected chi connectivity index (χ2v) is 6.53. The summed E-state index contributed by atoms with van der Waals surface area (Å²) in [5, 5.41) is 0. The first-order chi connectivity index (χ1) is 12.5. The van der Waals surface area contributed by atoms with Crippen molar-refractivity contribution in [3.63, 3.8) is 0 Å². The number of nitrogens with zero attached hydrogens (tertiary/aromatic N) is 1. The molecule has 1 aliphatic heterocycles. The summed E-state index contributed by atoms with van der Waals surface area (Å²) in [5.41, 5.74) is 3.66. The number of benzene rings is 2. The Balaban J connectivity index is 1.68. The van der Waals surface area contributed by atoms with E-state index in [2.05, 4.69) is 6.07 Å². The minimum absolute atomic E-state index is 0.181. The van der Waals surface area contributed by atoms with Crippen LogP contribution in [0.3, 0.4) is 0 Å². The summed E-state index contributed by atoms with van der Waals surface area (Å²) < 4.78 is 10.6. The van der Waals surface area contributed by atoms with Gasteiger partial charge in [0, 0.05) is 13.1 Å². The molecule has 0 bridgehead atoms. The molecule has 0 radical (unpaired) electrons. The lowest BCUT2D eigenvalue weighted by Crippen LogP contribution is -2.42. The Kier molecular flexibility index (Phi) is 5.26. The maximum atomic E-state index is 12.7. The van der Waals surface area contributed by atoms with Crippen LogP contribution < -0.4 is 4.74 Å². The highest BCUT2D eigenvalue weighted by atomic mass is 16.5. The summed E-state index contributed by atoms with van der Waals surface area (Å²) in [7, 11) is 1.50. The molecule has 0 saturated carbocycles. The van der Waals surface area contributed by atoms with Gasteiger partial charge in [-0.1, -0.05) is 35.9 Å². The maximum Gasteiger partial charge on any atom is 0.342 e. The standard InChI is InChI=1S/C21H23NO4/c1-14-8-9-19(25-3)18(12-14)21(24)26-15(2)20(23)22-11-10-16-6-4-5-7-17(16)13-22/h4-9,12,15H,10-11,13H2,1-3H3/t15-/m1/s1. The third kappa shape index (κ3) is 3.72. The van der Waals surface area contributed by atoms with Crippen LogP contribution in [-0.2, 0) is 22.5 Å². The van der Waals surface area contributed by atoms with Gasteiger partial charge in [-0.25, -0.2) is 4.79 Å². The predicted octanol–water partition coefficient (Wildman–Crippen LogP) is 3.13. The fourth-order valence-corrected chi connectivity index (χ4v) is 3.20. The first-order valence-electron chi connectivity index (χ1n) is 8.71. The molecule has 1 amide bonds. The summed E-state index contributed by atoms with van der Waals surface area (Å²) in [6, 6.07) is 13.4. The van der Waals surface area contributed by atoms with Crippen molar-refractivity contribution >= 4 is 11.9 Å².